The molecule has 0 spiro atoms. The van der Waals surface area contributed by atoms with Gasteiger partial charge in [-0.05, 0) is 50.6 Å². The number of amides is 1. The van der Waals surface area contributed by atoms with Gasteiger partial charge in [-0.3, -0.25) is 4.79 Å². The number of ether oxygens (including phenoxy) is 3. The number of rotatable bonds is 4. The summed E-state index contributed by atoms with van der Waals surface area (Å²) in [7, 11) is 1.61. The zero-order chi connectivity index (χ0) is 23.9. The number of nitrogens with zero attached hydrogens (tertiary/aromatic N) is 4. The minimum absolute atomic E-state index is 0.0588. The number of benzene rings is 2. The van der Waals surface area contributed by atoms with E-state index < -0.39 is 5.60 Å². The normalized spacial score (nSPS) is 20.5. The molecule has 1 atom stereocenters. The number of methoxy groups -OCH3 is 1. The second-order valence-corrected chi connectivity index (χ2v) is 9.16. The summed E-state index contributed by atoms with van der Waals surface area (Å²) in [5.74, 6) is 2.32. The minimum atomic E-state index is -0.532. The van der Waals surface area contributed by atoms with E-state index in [1.54, 1.807) is 24.2 Å². The third kappa shape index (κ3) is 4.11. The number of carbonyl (C=O) groups is 1. The van der Waals surface area contributed by atoms with E-state index in [2.05, 4.69) is 10.1 Å². The van der Waals surface area contributed by atoms with Crippen LogP contribution >= 0.6 is 0 Å². The molecule has 0 bridgehead atoms. The fraction of sp³-hybridized carbons (Fsp3) is 0.346. The van der Waals surface area contributed by atoms with Crippen LogP contribution in [-0.4, -0.2) is 51.4 Å². The van der Waals surface area contributed by atoms with Gasteiger partial charge in [0.25, 0.3) is 5.91 Å². The van der Waals surface area contributed by atoms with Crippen molar-refractivity contribution < 1.29 is 19.0 Å². The van der Waals surface area contributed by atoms with E-state index in [0.29, 0.717) is 30.5 Å². The highest BCUT2D eigenvalue weighted by molar-refractivity contribution is 5.97. The van der Waals surface area contributed by atoms with Crippen LogP contribution in [-0.2, 0) is 9.53 Å². The molecule has 1 amide bonds. The van der Waals surface area contributed by atoms with Crippen molar-refractivity contribution >= 4 is 12.0 Å². The van der Waals surface area contributed by atoms with Crippen LogP contribution in [0.15, 0.2) is 54.6 Å². The molecule has 2 aromatic carbocycles. The molecule has 0 radical (unpaired) electrons. The van der Waals surface area contributed by atoms with E-state index in [1.165, 1.54) is 0 Å². The summed E-state index contributed by atoms with van der Waals surface area (Å²) < 4.78 is 19.2. The Morgan fingerprint density at radius 1 is 1.21 bits per heavy atom. The Bertz CT molecular complexity index is 1260. The first-order chi connectivity index (χ1) is 16.3. The number of para-hydroxylation sites is 1. The van der Waals surface area contributed by atoms with Gasteiger partial charge in [-0.15, -0.1) is 0 Å². The summed E-state index contributed by atoms with van der Waals surface area (Å²) in [6, 6.07) is 13.5. The molecular formula is C26H28N4O4. The number of carbonyl (C=O) groups excluding carboxylic acids is 1. The van der Waals surface area contributed by atoms with Crippen LogP contribution in [0.25, 0.3) is 11.8 Å². The predicted octanol–water partition coefficient (Wildman–Crippen LogP) is 4.09. The van der Waals surface area contributed by atoms with Gasteiger partial charge in [-0.2, -0.15) is 5.10 Å². The zero-order valence-corrected chi connectivity index (χ0v) is 19.8. The van der Waals surface area contributed by atoms with E-state index in [4.69, 9.17) is 14.2 Å². The van der Waals surface area contributed by atoms with Crippen molar-refractivity contribution in [2.24, 2.45) is 0 Å². The van der Waals surface area contributed by atoms with Crippen molar-refractivity contribution in [3.05, 3.63) is 71.5 Å². The van der Waals surface area contributed by atoms with Crippen molar-refractivity contribution in [2.75, 3.05) is 20.3 Å². The first-order valence-corrected chi connectivity index (χ1v) is 11.3. The molecule has 2 aliphatic heterocycles. The standard InChI is InChI=1S/C26H28N4O4/c1-17-27-16-30(28-17)21-10-9-18(13-23(21)32-4)14-24-25(31)29(15-26(2,3)34-24)20-11-12-33-22-8-6-5-7-19(20)22/h5-10,13-14,16,20H,11-12,15H2,1-4H3/t20-/m0/s1. The van der Waals surface area contributed by atoms with E-state index in [1.807, 2.05) is 68.1 Å². The fourth-order valence-corrected chi connectivity index (χ4v) is 4.57. The van der Waals surface area contributed by atoms with Gasteiger partial charge in [-0.1, -0.05) is 24.3 Å². The molecule has 5 rings (SSSR count). The van der Waals surface area contributed by atoms with E-state index in [9.17, 15) is 4.79 Å². The molecule has 0 saturated carbocycles. The lowest BCUT2D eigenvalue weighted by molar-refractivity contribution is -0.150. The third-order valence-electron chi connectivity index (χ3n) is 6.07. The molecule has 1 aromatic heterocycles. The van der Waals surface area contributed by atoms with Crippen LogP contribution in [0.5, 0.6) is 11.5 Å². The maximum absolute atomic E-state index is 13.6. The molecule has 3 aromatic rings. The van der Waals surface area contributed by atoms with Crippen LogP contribution in [0, 0.1) is 6.92 Å². The Hall–Kier alpha value is -3.81. The molecular weight excluding hydrogens is 432 g/mol. The Kier molecular flexibility index (Phi) is 5.51. The summed E-state index contributed by atoms with van der Waals surface area (Å²) in [4.78, 5) is 19.7. The maximum Gasteiger partial charge on any atom is 0.289 e. The minimum Gasteiger partial charge on any atom is -0.494 e. The van der Waals surface area contributed by atoms with Gasteiger partial charge in [0.2, 0.25) is 0 Å². The van der Waals surface area contributed by atoms with Crippen LogP contribution < -0.4 is 9.47 Å². The number of fused-ring (bicyclic) bond motifs is 1. The van der Waals surface area contributed by atoms with Crippen molar-refractivity contribution in [3.8, 4) is 17.2 Å². The summed E-state index contributed by atoms with van der Waals surface area (Å²) in [6.45, 7) is 6.91. The van der Waals surface area contributed by atoms with Gasteiger partial charge in [0.15, 0.2) is 5.76 Å². The van der Waals surface area contributed by atoms with Gasteiger partial charge >= 0.3 is 0 Å². The molecule has 34 heavy (non-hydrogen) atoms. The average molecular weight is 461 g/mol. The molecule has 0 N–H and O–H groups in total. The van der Waals surface area contributed by atoms with Gasteiger partial charge in [0.05, 0.1) is 26.3 Å². The number of aryl methyl sites for hydroxylation is 1. The molecule has 2 aliphatic rings. The first kappa shape index (κ1) is 22.0. The third-order valence-corrected chi connectivity index (χ3v) is 6.07. The predicted molar refractivity (Wildman–Crippen MR) is 127 cm³/mol. The van der Waals surface area contributed by atoms with Gasteiger partial charge in [0, 0.05) is 12.0 Å². The van der Waals surface area contributed by atoms with Crippen molar-refractivity contribution in [2.45, 2.75) is 38.8 Å². The molecule has 1 saturated heterocycles. The monoisotopic (exact) mass is 460 g/mol. The average Bonchev–Trinajstić information content (AvgIpc) is 3.26. The van der Waals surface area contributed by atoms with Crippen molar-refractivity contribution in [1.82, 2.24) is 19.7 Å². The van der Waals surface area contributed by atoms with Crippen LogP contribution in [0.1, 0.15) is 43.3 Å². The SMILES string of the molecule is COc1cc(C=C2OC(C)(C)CN([C@H]3CCOc4ccccc43)C2=O)ccc1-n1cnc(C)n1. The largest absolute Gasteiger partial charge is 0.494 e. The van der Waals surface area contributed by atoms with Gasteiger partial charge in [0.1, 0.15) is 34.9 Å². The summed E-state index contributed by atoms with van der Waals surface area (Å²) in [5.41, 5.74) is 2.07. The van der Waals surface area contributed by atoms with Gasteiger partial charge < -0.3 is 19.1 Å². The lowest BCUT2D eigenvalue weighted by atomic mass is 9.95. The summed E-state index contributed by atoms with van der Waals surface area (Å²) >= 11 is 0. The topological polar surface area (TPSA) is 78.7 Å². The Labute approximate surface area is 198 Å². The molecule has 0 aliphatic carbocycles. The van der Waals surface area contributed by atoms with Crippen molar-refractivity contribution in [3.63, 3.8) is 0 Å². The van der Waals surface area contributed by atoms with E-state index in [0.717, 1.165) is 29.0 Å². The zero-order valence-electron chi connectivity index (χ0n) is 19.8. The highest BCUT2D eigenvalue weighted by Gasteiger charge is 2.41. The molecule has 1 fully saturated rings. The number of hydrogen-bond donors (Lipinski definition) is 0. The molecule has 3 heterocycles. The Morgan fingerprint density at radius 3 is 2.79 bits per heavy atom. The maximum atomic E-state index is 13.6. The summed E-state index contributed by atoms with van der Waals surface area (Å²) in [5, 5.41) is 4.36. The number of aromatic nitrogens is 3. The molecule has 8 heteroatoms. The van der Waals surface area contributed by atoms with Crippen LogP contribution in [0.3, 0.4) is 0 Å². The first-order valence-electron chi connectivity index (χ1n) is 11.3. The smallest absolute Gasteiger partial charge is 0.289 e. The fourth-order valence-electron chi connectivity index (χ4n) is 4.57. The molecule has 176 valence electrons. The summed E-state index contributed by atoms with van der Waals surface area (Å²) in [6.07, 6.45) is 4.16. The Morgan fingerprint density at radius 2 is 2.03 bits per heavy atom. The van der Waals surface area contributed by atoms with Crippen molar-refractivity contribution in [1.29, 1.82) is 0 Å². The van der Waals surface area contributed by atoms with Gasteiger partial charge in [-0.25, -0.2) is 9.67 Å². The lowest BCUT2D eigenvalue weighted by Gasteiger charge is -2.44. The lowest BCUT2D eigenvalue weighted by Crippen LogP contribution is -2.52. The number of hydrogen-bond acceptors (Lipinski definition) is 6. The second kappa shape index (κ2) is 8.52. The quantitative estimate of drug-likeness (QED) is 0.546. The molecule has 8 nitrogen and oxygen atoms in total. The highest BCUT2D eigenvalue weighted by Crippen LogP contribution is 2.40. The van der Waals surface area contributed by atoms with Crippen LogP contribution in [0.2, 0.25) is 0 Å². The Balaban J connectivity index is 1.49. The van der Waals surface area contributed by atoms with E-state index in [-0.39, 0.29) is 11.9 Å². The highest BCUT2D eigenvalue weighted by atomic mass is 16.5. The molecule has 0 unspecified atom stereocenters. The number of morpholine rings is 1. The second-order valence-electron chi connectivity index (χ2n) is 9.16. The van der Waals surface area contributed by atoms with E-state index >= 15 is 0 Å². The van der Waals surface area contributed by atoms with Crippen LogP contribution in [0.4, 0.5) is 0 Å².